The minimum absolute atomic E-state index is 0.264. The number of nitro groups is 1. The molecule has 0 unspecified atom stereocenters. The second-order valence-corrected chi connectivity index (χ2v) is 5.69. The highest BCUT2D eigenvalue weighted by Crippen LogP contribution is 2.29. The molecule has 0 saturated carbocycles. The number of hydrogen-bond donors (Lipinski definition) is 1. The highest BCUT2D eigenvalue weighted by molar-refractivity contribution is 7.89. The average molecular weight is 287 g/mol. The Labute approximate surface area is 112 Å². The van der Waals surface area contributed by atoms with E-state index in [0.717, 1.165) is 0 Å². The number of hydrogen-bond acceptors (Lipinski definition) is 5. The molecule has 0 bridgehead atoms. The monoisotopic (exact) mass is 287 g/mol. The van der Waals surface area contributed by atoms with Gasteiger partial charge in [0.05, 0.1) is 4.92 Å². The van der Waals surface area contributed by atoms with Crippen LogP contribution in [0.3, 0.4) is 0 Å². The molecule has 0 aliphatic carbocycles. The first-order valence-electron chi connectivity index (χ1n) is 5.84. The quantitative estimate of drug-likeness (QED) is 0.634. The van der Waals surface area contributed by atoms with Crippen LogP contribution in [0.5, 0.6) is 0 Å². The molecule has 19 heavy (non-hydrogen) atoms. The number of benzene rings is 1. The van der Waals surface area contributed by atoms with Gasteiger partial charge in [-0.3, -0.25) is 10.1 Å². The van der Waals surface area contributed by atoms with Gasteiger partial charge in [0.25, 0.3) is 5.69 Å². The average Bonchev–Trinajstić information content (AvgIpc) is 2.38. The molecule has 0 heterocycles. The smallest absolute Gasteiger partial charge is 0.289 e. The van der Waals surface area contributed by atoms with Gasteiger partial charge in [0.1, 0.15) is 0 Å². The fourth-order valence-corrected chi connectivity index (χ4v) is 3.37. The molecule has 0 spiro atoms. The lowest BCUT2D eigenvalue weighted by Crippen LogP contribution is -2.31. The van der Waals surface area contributed by atoms with E-state index in [1.807, 2.05) is 0 Å². The molecule has 1 aromatic rings. The fraction of sp³-hybridized carbons (Fsp3) is 0.455. The molecule has 0 radical (unpaired) electrons. The molecule has 8 heteroatoms. The van der Waals surface area contributed by atoms with Gasteiger partial charge in [-0.2, -0.15) is 4.31 Å². The standard InChI is InChI=1S/C11H17N3O4S/c1-4-13(5-2)19(17,18)11-8-9(12-3)6-7-10(11)14(15)16/h6-8,12H,4-5H2,1-3H3. The van der Waals surface area contributed by atoms with Gasteiger partial charge >= 0.3 is 0 Å². The minimum atomic E-state index is -3.86. The molecule has 0 saturated heterocycles. The number of rotatable bonds is 6. The largest absolute Gasteiger partial charge is 0.388 e. The van der Waals surface area contributed by atoms with Crippen LogP contribution >= 0.6 is 0 Å². The Morgan fingerprint density at radius 1 is 1.32 bits per heavy atom. The van der Waals surface area contributed by atoms with Crippen molar-refractivity contribution in [3.8, 4) is 0 Å². The molecule has 0 aliphatic rings. The van der Waals surface area contributed by atoms with Crippen molar-refractivity contribution in [2.24, 2.45) is 0 Å². The number of nitro benzene ring substituents is 1. The Hall–Kier alpha value is -1.67. The maximum atomic E-state index is 12.4. The second-order valence-electron chi connectivity index (χ2n) is 3.78. The van der Waals surface area contributed by atoms with E-state index in [0.29, 0.717) is 5.69 Å². The zero-order chi connectivity index (χ0) is 14.6. The third kappa shape index (κ3) is 3.02. The van der Waals surface area contributed by atoms with Gasteiger partial charge in [-0.05, 0) is 12.1 Å². The van der Waals surface area contributed by atoms with E-state index in [1.165, 1.54) is 22.5 Å². The molecule has 1 aromatic carbocycles. The first-order valence-corrected chi connectivity index (χ1v) is 7.28. The molecule has 106 valence electrons. The predicted molar refractivity (Wildman–Crippen MR) is 72.7 cm³/mol. The molecule has 0 amide bonds. The van der Waals surface area contributed by atoms with Gasteiger partial charge in [0.2, 0.25) is 10.0 Å². The van der Waals surface area contributed by atoms with Crippen molar-refractivity contribution in [3.63, 3.8) is 0 Å². The van der Waals surface area contributed by atoms with Crippen molar-refractivity contribution in [2.75, 3.05) is 25.5 Å². The third-order valence-corrected chi connectivity index (χ3v) is 4.85. The predicted octanol–water partition coefficient (Wildman–Crippen LogP) is 1.67. The van der Waals surface area contributed by atoms with Gasteiger partial charge in [-0.15, -0.1) is 0 Å². The number of nitrogens with zero attached hydrogens (tertiary/aromatic N) is 2. The van der Waals surface area contributed by atoms with Crippen LogP contribution in [0.15, 0.2) is 23.1 Å². The number of nitrogens with one attached hydrogen (secondary N) is 1. The third-order valence-electron chi connectivity index (χ3n) is 2.77. The van der Waals surface area contributed by atoms with Crippen LogP contribution in [0.4, 0.5) is 11.4 Å². The van der Waals surface area contributed by atoms with Crippen LogP contribution in [0, 0.1) is 10.1 Å². The van der Waals surface area contributed by atoms with Crippen molar-refractivity contribution < 1.29 is 13.3 Å². The van der Waals surface area contributed by atoms with E-state index in [-0.39, 0.29) is 18.0 Å². The zero-order valence-corrected chi connectivity index (χ0v) is 11.9. The summed E-state index contributed by atoms with van der Waals surface area (Å²) in [5, 5.41) is 13.7. The first kappa shape index (κ1) is 15.4. The van der Waals surface area contributed by atoms with Crippen molar-refractivity contribution >= 4 is 21.4 Å². The molecular weight excluding hydrogens is 270 g/mol. The summed E-state index contributed by atoms with van der Waals surface area (Å²) in [4.78, 5) is 10.0. The topological polar surface area (TPSA) is 92.6 Å². The summed E-state index contributed by atoms with van der Waals surface area (Å²) in [6.07, 6.45) is 0. The van der Waals surface area contributed by atoms with Crippen LogP contribution in [0.2, 0.25) is 0 Å². The van der Waals surface area contributed by atoms with E-state index in [1.54, 1.807) is 20.9 Å². The van der Waals surface area contributed by atoms with E-state index in [2.05, 4.69) is 5.32 Å². The van der Waals surface area contributed by atoms with E-state index in [9.17, 15) is 18.5 Å². The van der Waals surface area contributed by atoms with Crippen molar-refractivity contribution in [2.45, 2.75) is 18.7 Å². The molecule has 7 nitrogen and oxygen atoms in total. The Kier molecular flexibility index (Phi) is 4.84. The molecule has 1 rings (SSSR count). The summed E-state index contributed by atoms with van der Waals surface area (Å²) in [5.41, 5.74) is 0.0993. The minimum Gasteiger partial charge on any atom is -0.388 e. The van der Waals surface area contributed by atoms with Crippen LogP contribution in [-0.2, 0) is 10.0 Å². The van der Waals surface area contributed by atoms with Gasteiger partial charge in [-0.1, -0.05) is 13.8 Å². The Balaban J connectivity index is 3.50. The fourth-order valence-electron chi connectivity index (χ4n) is 1.73. The van der Waals surface area contributed by atoms with Crippen molar-refractivity contribution in [3.05, 3.63) is 28.3 Å². The molecule has 0 aliphatic heterocycles. The molecule has 0 fully saturated rings. The van der Waals surface area contributed by atoms with Crippen molar-refractivity contribution in [1.82, 2.24) is 4.31 Å². The maximum Gasteiger partial charge on any atom is 0.289 e. The maximum absolute atomic E-state index is 12.4. The lowest BCUT2D eigenvalue weighted by atomic mass is 10.3. The number of sulfonamides is 1. The molecule has 0 aromatic heterocycles. The van der Waals surface area contributed by atoms with Crippen molar-refractivity contribution in [1.29, 1.82) is 0 Å². The first-order chi connectivity index (χ1) is 8.88. The lowest BCUT2D eigenvalue weighted by Gasteiger charge is -2.18. The molecule has 1 N–H and O–H groups in total. The van der Waals surface area contributed by atoms with E-state index >= 15 is 0 Å². The normalized spacial score (nSPS) is 11.6. The Morgan fingerprint density at radius 3 is 2.32 bits per heavy atom. The van der Waals surface area contributed by atoms with Crippen LogP contribution in [0.1, 0.15) is 13.8 Å². The Morgan fingerprint density at radius 2 is 1.89 bits per heavy atom. The zero-order valence-electron chi connectivity index (χ0n) is 11.1. The van der Waals surface area contributed by atoms with Crippen LogP contribution in [0.25, 0.3) is 0 Å². The summed E-state index contributed by atoms with van der Waals surface area (Å²) in [6, 6.07) is 3.95. The lowest BCUT2D eigenvalue weighted by molar-refractivity contribution is -0.387. The van der Waals surface area contributed by atoms with Gasteiger partial charge in [0, 0.05) is 31.9 Å². The summed E-state index contributed by atoms with van der Waals surface area (Å²) >= 11 is 0. The summed E-state index contributed by atoms with van der Waals surface area (Å²) in [7, 11) is -2.24. The van der Waals surface area contributed by atoms with Crippen LogP contribution < -0.4 is 5.32 Å². The van der Waals surface area contributed by atoms with Crippen LogP contribution in [-0.4, -0.2) is 37.8 Å². The highest BCUT2D eigenvalue weighted by atomic mass is 32.2. The summed E-state index contributed by atoms with van der Waals surface area (Å²) in [5.74, 6) is 0. The SMILES string of the molecule is CCN(CC)S(=O)(=O)c1cc(NC)ccc1[N+](=O)[O-]. The van der Waals surface area contributed by atoms with Gasteiger partial charge < -0.3 is 5.32 Å². The van der Waals surface area contributed by atoms with Gasteiger partial charge in [-0.25, -0.2) is 8.42 Å². The Bertz CT molecular complexity index is 567. The van der Waals surface area contributed by atoms with E-state index in [4.69, 9.17) is 0 Å². The summed E-state index contributed by atoms with van der Waals surface area (Å²) < 4.78 is 26.0. The molecular formula is C11H17N3O4S. The number of anilines is 1. The highest BCUT2D eigenvalue weighted by Gasteiger charge is 2.30. The molecule has 0 atom stereocenters. The van der Waals surface area contributed by atoms with Gasteiger partial charge in [0.15, 0.2) is 4.90 Å². The van der Waals surface area contributed by atoms with E-state index < -0.39 is 20.6 Å². The summed E-state index contributed by atoms with van der Waals surface area (Å²) in [6.45, 7) is 3.91. The second kappa shape index (κ2) is 5.98.